The van der Waals surface area contributed by atoms with E-state index in [0.29, 0.717) is 35.8 Å². The zero-order valence-corrected chi connectivity index (χ0v) is 19.2. The number of fused-ring (bicyclic) bond motifs is 1. The van der Waals surface area contributed by atoms with Crippen molar-refractivity contribution >= 4 is 17.7 Å². The third-order valence-electron chi connectivity index (χ3n) is 6.20. The lowest BCUT2D eigenvalue weighted by molar-refractivity contribution is -0.130. The van der Waals surface area contributed by atoms with Crippen molar-refractivity contribution in [1.29, 1.82) is 0 Å². The maximum Gasteiger partial charge on any atom is 0.325 e. The second-order valence-electron chi connectivity index (χ2n) is 8.83. The van der Waals surface area contributed by atoms with Gasteiger partial charge in [-0.15, -0.1) is 0 Å². The number of ether oxygens (including phenoxy) is 2. The van der Waals surface area contributed by atoms with E-state index in [9.17, 15) is 14.4 Å². The Kier molecular flexibility index (Phi) is 5.48. The molecule has 1 aromatic carbocycles. The summed E-state index contributed by atoms with van der Waals surface area (Å²) < 4.78 is 13.5. The molecule has 0 aliphatic carbocycles. The number of rotatable bonds is 5. The van der Waals surface area contributed by atoms with Gasteiger partial charge in [0.15, 0.2) is 17.3 Å². The van der Waals surface area contributed by atoms with E-state index in [1.807, 2.05) is 33.8 Å². The number of hydrogen-bond acceptors (Lipinski definition) is 5. The normalized spacial score (nSPS) is 20.5. The molecule has 1 atom stereocenters. The van der Waals surface area contributed by atoms with Gasteiger partial charge in [0, 0.05) is 29.4 Å². The Labute approximate surface area is 187 Å². The first-order valence-corrected chi connectivity index (χ1v) is 10.9. The highest BCUT2D eigenvalue weighted by Gasteiger charge is 2.50. The van der Waals surface area contributed by atoms with Gasteiger partial charge in [-0.1, -0.05) is 6.07 Å². The van der Waals surface area contributed by atoms with Crippen LogP contribution in [0.5, 0.6) is 11.5 Å². The van der Waals surface area contributed by atoms with Crippen molar-refractivity contribution in [2.75, 3.05) is 19.8 Å². The predicted molar refractivity (Wildman–Crippen MR) is 118 cm³/mol. The van der Waals surface area contributed by atoms with Crippen molar-refractivity contribution in [1.82, 2.24) is 14.8 Å². The fourth-order valence-electron chi connectivity index (χ4n) is 4.59. The van der Waals surface area contributed by atoms with Gasteiger partial charge >= 0.3 is 6.03 Å². The Morgan fingerprint density at radius 3 is 2.47 bits per heavy atom. The van der Waals surface area contributed by atoms with Crippen LogP contribution in [0.3, 0.4) is 0 Å². The van der Waals surface area contributed by atoms with Gasteiger partial charge in [-0.25, -0.2) is 4.79 Å². The molecule has 32 heavy (non-hydrogen) atoms. The second kappa shape index (κ2) is 8.00. The maximum absolute atomic E-state index is 13.3. The molecule has 0 radical (unpaired) electrons. The Balaban J connectivity index is 1.59. The standard InChI is InChI=1S/C24H29N3O5/c1-14(2)27-15(3)11-18(16(27)4)19(28)13-26-22(29)24(5,25-23(26)30)17-7-8-20-21(12-17)32-10-6-9-31-20/h7-8,11-12,14H,6,9-10,13H2,1-5H3,(H,25,30). The minimum absolute atomic E-state index is 0.205. The number of amides is 3. The minimum atomic E-state index is -1.29. The average Bonchev–Trinajstić information content (AvgIpc) is 3.03. The SMILES string of the molecule is Cc1cc(C(=O)CN2C(=O)NC(C)(c3ccc4c(c3)OCCCO4)C2=O)c(C)n1C(C)C. The van der Waals surface area contributed by atoms with Gasteiger partial charge < -0.3 is 19.4 Å². The van der Waals surface area contributed by atoms with Crippen LogP contribution in [-0.2, 0) is 10.3 Å². The molecule has 1 unspecified atom stereocenters. The van der Waals surface area contributed by atoms with Crippen molar-refractivity contribution in [2.45, 2.75) is 52.6 Å². The van der Waals surface area contributed by atoms with E-state index in [1.54, 1.807) is 25.1 Å². The molecule has 8 nitrogen and oxygen atoms in total. The number of Topliss-reactive ketones (excluding diaryl/α,β-unsaturated/α-hetero) is 1. The summed E-state index contributed by atoms with van der Waals surface area (Å²) in [5.41, 5.74) is 1.61. The number of hydrogen-bond donors (Lipinski definition) is 1. The summed E-state index contributed by atoms with van der Waals surface area (Å²) in [6.45, 7) is 10.3. The number of urea groups is 1. The van der Waals surface area contributed by atoms with Crippen molar-refractivity contribution in [3.63, 3.8) is 0 Å². The smallest absolute Gasteiger partial charge is 0.325 e. The van der Waals surface area contributed by atoms with E-state index in [4.69, 9.17) is 9.47 Å². The molecule has 3 heterocycles. The van der Waals surface area contributed by atoms with Gasteiger partial charge in [0.05, 0.1) is 19.8 Å². The highest BCUT2D eigenvalue weighted by molar-refractivity contribution is 6.11. The fourth-order valence-corrected chi connectivity index (χ4v) is 4.59. The summed E-state index contributed by atoms with van der Waals surface area (Å²) in [7, 11) is 0. The van der Waals surface area contributed by atoms with E-state index in [0.717, 1.165) is 22.7 Å². The first-order chi connectivity index (χ1) is 15.1. The van der Waals surface area contributed by atoms with Crippen molar-refractivity contribution in [3.05, 3.63) is 46.8 Å². The van der Waals surface area contributed by atoms with Gasteiger partial charge in [0.25, 0.3) is 5.91 Å². The molecule has 1 saturated heterocycles. The van der Waals surface area contributed by atoms with Crippen LogP contribution in [0.2, 0.25) is 0 Å². The zero-order chi connectivity index (χ0) is 23.2. The highest BCUT2D eigenvalue weighted by Crippen LogP contribution is 2.36. The van der Waals surface area contributed by atoms with Crippen LogP contribution in [0.4, 0.5) is 4.79 Å². The first-order valence-electron chi connectivity index (χ1n) is 10.9. The van der Waals surface area contributed by atoms with Crippen LogP contribution in [0, 0.1) is 13.8 Å². The number of benzene rings is 1. The van der Waals surface area contributed by atoms with Crippen molar-refractivity contribution in [2.24, 2.45) is 0 Å². The van der Waals surface area contributed by atoms with E-state index < -0.39 is 17.5 Å². The van der Waals surface area contributed by atoms with Crippen molar-refractivity contribution in [3.8, 4) is 11.5 Å². The third kappa shape index (κ3) is 3.53. The Hall–Kier alpha value is -3.29. The summed E-state index contributed by atoms with van der Waals surface area (Å²) in [5, 5.41) is 2.76. The number of carbonyl (C=O) groups is 3. The van der Waals surface area contributed by atoms with E-state index in [-0.39, 0.29) is 18.4 Å². The average molecular weight is 440 g/mol. The molecule has 170 valence electrons. The van der Waals surface area contributed by atoms with Crippen LogP contribution in [0.1, 0.15) is 60.5 Å². The molecule has 0 bridgehead atoms. The third-order valence-corrected chi connectivity index (χ3v) is 6.20. The largest absolute Gasteiger partial charge is 0.490 e. The predicted octanol–water partition coefficient (Wildman–Crippen LogP) is 3.50. The lowest BCUT2D eigenvalue weighted by Crippen LogP contribution is -2.41. The molecule has 2 aromatic rings. The molecular weight excluding hydrogens is 410 g/mol. The number of nitrogens with zero attached hydrogens (tertiary/aromatic N) is 2. The number of nitrogens with one attached hydrogen (secondary N) is 1. The van der Waals surface area contributed by atoms with E-state index in [1.165, 1.54) is 0 Å². The molecule has 1 N–H and O–H groups in total. The molecule has 4 rings (SSSR count). The number of ketones is 1. The Bertz CT molecular complexity index is 1100. The van der Waals surface area contributed by atoms with Gasteiger partial charge in [-0.05, 0) is 58.4 Å². The van der Waals surface area contributed by atoms with Crippen LogP contribution in [0.25, 0.3) is 0 Å². The lowest BCUT2D eigenvalue weighted by Gasteiger charge is -2.23. The van der Waals surface area contributed by atoms with Gasteiger partial charge in [-0.3, -0.25) is 14.5 Å². The summed E-state index contributed by atoms with van der Waals surface area (Å²) in [6.07, 6.45) is 0.768. The van der Waals surface area contributed by atoms with Crippen LogP contribution in [-0.4, -0.2) is 46.9 Å². The van der Waals surface area contributed by atoms with Gasteiger partial charge in [0.1, 0.15) is 5.54 Å². The number of aryl methyl sites for hydroxylation is 1. The van der Waals surface area contributed by atoms with Crippen molar-refractivity contribution < 1.29 is 23.9 Å². The monoisotopic (exact) mass is 439 g/mol. The van der Waals surface area contributed by atoms with Crippen LogP contribution in [0.15, 0.2) is 24.3 Å². The fraction of sp³-hybridized carbons (Fsp3) is 0.458. The summed E-state index contributed by atoms with van der Waals surface area (Å²) in [5.74, 6) is 0.414. The number of imide groups is 1. The van der Waals surface area contributed by atoms with Gasteiger partial charge in [0.2, 0.25) is 0 Å². The number of carbonyl (C=O) groups excluding carboxylic acids is 3. The topological polar surface area (TPSA) is 89.9 Å². The number of aromatic nitrogens is 1. The molecule has 2 aliphatic rings. The van der Waals surface area contributed by atoms with Crippen LogP contribution < -0.4 is 14.8 Å². The van der Waals surface area contributed by atoms with E-state index in [2.05, 4.69) is 9.88 Å². The summed E-state index contributed by atoms with van der Waals surface area (Å²) >= 11 is 0. The first kappa shape index (κ1) is 21.9. The molecule has 3 amide bonds. The Morgan fingerprint density at radius 1 is 1.12 bits per heavy atom. The van der Waals surface area contributed by atoms with Gasteiger partial charge in [-0.2, -0.15) is 0 Å². The second-order valence-corrected chi connectivity index (χ2v) is 8.83. The summed E-state index contributed by atoms with van der Waals surface area (Å²) in [4.78, 5) is 40.1. The maximum atomic E-state index is 13.3. The molecule has 0 saturated carbocycles. The zero-order valence-electron chi connectivity index (χ0n) is 19.2. The quantitative estimate of drug-likeness (QED) is 0.569. The highest BCUT2D eigenvalue weighted by atomic mass is 16.5. The minimum Gasteiger partial charge on any atom is -0.490 e. The molecule has 1 fully saturated rings. The van der Waals surface area contributed by atoms with E-state index >= 15 is 0 Å². The molecule has 1 aromatic heterocycles. The lowest BCUT2D eigenvalue weighted by atomic mass is 9.91. The molecule has 0 spiro atoms. The molecule has 2 aliphatic heterocycles. The molecule has 8 heteroatoms. The van der Waals surface area contributed by atoms with Crippen LogP contribution >= 0.6 is 0 Å². The Morgan fingerprint density at radius 2 is 1.81 bits per heavy atom. The summed E-state index contributed by atoms with van der Waals surface area (Å²) in [6, 6.07) is 6.65. The molecular formula is C24H29N3O5.